The highest BCUT2D eigenvalue weighted by molar-refractivity contribution is 14.1. The lowest BCUT2D eigenvalue weighted by Gasteiger charge is -2.17. The SMILES string of the molecule is ClCc1nc2cc(I)ccc2n1CC1(C2CC2)CC1. The van der Waals surface area contributed by atoms with Crippen molar-refractivity contribution in [3.05, 3.63) is 27.6 Å². The number of alkyl halides is 1. The summed E-state index contributed by atoms with van der Waals surface area (Å²) >= 11 is 8.44. The summed E-state index contributed by atoms with van der Waals surface area (Å²) in [6.45, 7) is 1.12. The second kappa shape index (κ2) is 4.35. The Labute approximate surface area is 131 Å². The molecule has 1 heterocycles. The molecule has 2 aromatic rings. The lowest BCUT2D eigenvalue weighted by Crippen LogP contribution is -2.15. The van der Waals surface area contributed by atoms with E-state index in [9.17, 15) is 0 Å². The zero-order valence-electron chi connectivity index (χ0n) is 10.7. The van der Waals surface area contributed by atoms with Crippen molar-refractivity contribution in [2.75, 3.05) is 0 Å². The van der Waals surface area contributed by atoms with Crippen molar-refractivity contribution in [2.45, 2.75) is 38.1 Å². The lowest BCUT2D eigenvalue weighted by atomic mass is 10.0. The summed E-state index contributed by atoms with van der Waals surface area (Å²) in [4.78, 5) is 4.71. The normalized spacial score (nSPS) is 20.9. The molecular weight excluding hydrogens is 371 g/mol. The van der Waals surface area contributed by atoms with Crippen molar-refractivity contribution in [3.8, 4) is 0 Å². The maximum atomic E-state index is 6.10. The molecule has 2 aliphatic rings. The van der Waals surface area contributed by atoms with Crippen LogP contribution < -0.4 is 0 Å². The molecule has 1 aromatic heterocycles. The molecule has 0 N–H and O–H groups in total. The van der Waals surface area contributed by atoms with E-state index < -0.39 is 0 Å². The number of halogens is 2. The molecule has 2 fully saturated rings. The van der Waals surface area contributed by atoms with E-state index in [1.165, 1.54) is 34.8 Å². The predicted octanol–water partition coefficient (Wildman–Crippen LogP) is 4.57. The summed E-state index contributed by atoms with van der Waals surface area (Å²) in [7, 11) is 0. The van der Waals surface area contributed by atoms with Gasteiger partial charge in [-0.15, -0.1) is 11.6 Å². The van der Waals surface area contributed by atoms with Crippen molar-refractivity contribution in [1.29, 1.82) is 0 Å². The minimum absolute atomic E-state index is 0.506. The number of aromatic nitrogens is 2. The van der Waals surface area contributed by atoms with Gasteiger partial charge in [0.05, 0.1) is 16.9 Å². The summed E-state index contributed by atoms with van der Waals surface area (Å²) in [6.07, 6.45) is 5.65. The molecule has 0 spiro atoms. The Kier molecular flexibility index (Phi) is 2.85. The van der Waals surface area contributed by atoms with E-state index in [2.05, 4.69) is 45.4 Å². The zero-order chi connectivity index (χ0) is 13.0. The van der Waals surface area contributed by atoms with Crippen LogP contribution >= 0.6 is 34.2 Å². The van der Waals surface area contributed by atoms with Gasteiger partial charge in [0.25, 0.3) is 0 Å². The fourth-order valence-corrected chi connectivity index (χ4v) is 3.98. The quantitative estimate of drug-likeness (QED) is 0.556. The standard InChI is InChI=1S/C15H16ClIN2/c16-8-14-18-12-7-11(17)3-4-13(12)19(14)9-15(5-6-15)10-1-2-10/h3-4,7,10H,1-2,5-6,8-9H2. The van der Waals surface area contributed by atoms with E-state index in [1.807, 2.05) is 0 Å². The molecule has 0 bridgehead atoms. The molecule has 4 heteroatoms. The van der Waals surface area contributed by atoms with Crippen molar-refractivity contribution < 1.29 is 0 Å². The van der Waals surface area contributed by atoms with E-state index in [1.54, 1.807) is 0 Å². The van der Waals surface area contributed by atoms with Gasteiger partial charge in [-0.2, -0.15) is 0 Å². The second-order valence-electron chi connectivity index (χ2n) is 6.02. The first-order valence-corrected chi connectivity index (χ1v) is 8.54. The molecule has 100 valence electrons. The van der Waals surface area contributed by atoms with Crippen LogP contribution in [0.5, 0.6) is 0 Å². The number of fused-ring (bicyclic) bond motifs is 1. The van der Waals surface area contributed by atoms with Crippen LogP contribution in [0.1, 0.15) is 31.5 Å². The zero-order valence-corrected chi connectivity index (χ0v) is 13.6. The van der Waals surface area contributed by atoms with Gasteiger partial charge in [-0.05, 0) is 77.8 Å². The summed E-state index contributed by atoms with van der Waals surface area (Å²) in [5.74, 6) is 2.51. The van der Waals surface area contributed by atoms with Gasteiger partial charge >= 0.3 is 0 Å². The number of benzene rings is 1. The number of nitrogens with zero attached hydrogens (tertiary/aromatic N) is 2. The molecule has 0 saturated heterocycles. The van der Waals surface area contributed by atoms with Gasteiger partial charge in [-0.25, -0.2) is 4.98 Å². The first-order chi connectivity index (χ1) is 9.22. The average Bonchev–Trinajstić information content (AvgIpc) is 3.27. The minimum atomic E-state index is 0.506. The van der Waals surface area contributed by atoms with Crippen molar-refractivity contribution in [3.63, 3.8) is 0 Å². The molecule has 0 unspecified atom stereocenters. The van der Waals surface area contributed by atoms with Gasteiger partial charge in [-0.1, -0.05) is 0 Å². The van der Waals surface area contributed by atoms with E-state index >= 15 is 0 Å². The van der Waals surface area contributed by atoms with Gasteiger partial charge < -0.3 is 4.57 Å². The molecule has 4 rings (SSSR count). The van der Waals surface area contributed by atoms with E-state index in [0.717, 1.165) is 23.8 Å². The fourth-order valence-electron chi connectivity index (χ4n) is 3.30. The second-order valence-corrected chi connectivity index (χ2v) is 7.53. The molecular formula is C15H16ClIN2. The molecule has 0 atom stereocenters. The summed E-state index contributed by atoms with van der Waals surface area (Å²) in [6, 6.07) is 6.51. The molecule has 0 amide bonds. The maximum Gasteiger partial charge on any atom is 0.124 e. The van der Waals surface area contributed by atoms with Gasteiger partial charge in [-0.3, -0.25) is 0 Å². The Hall–Kier alpha value is -0.290. The molecule has 0 radical (unpaired) electrons. The number of hydrogen-bond acceptors (Lipinski definition) is 1. The van der Waals surface area contributed by atoms with E-state index in [0.29, 0.717) is 11.3 Å². The van der Waals surface area contributed by atoms with Crippen LogP contribution in [0, 0.1) is 14.9 Å². The minimum Gasteiger partial charge on any atom is -0.326 e. The highest BCUT2D eigenvalue weighted by Gasteiger charge is 2.54. The van der Waals surface area contributed by atoms with Crippen LogP contribution in [-0.2, 0) is 12.4 Å². The monoisotopic (exact) mass is 386 g/mol. The number of rotatable bonds is 4. The van der Waals surface area contributed by atoms with Gasteiger partial charge in [0.2, 0.25) is 0 Å². The smallest absolute Gasteiger partial charge is 0.124 e. The highest BCUT2D eigenvalue weighted by atomic mass is 127. The van der Waals surface area contributed by atoms with Crippen LogP contribution in [0.15, 0.2) is 18.2 Å². The van der Waals surface area contributed by atoms with Crippen LogP contribution in [-0.4, -0.2) is 9.55 Å². The predicted molar refractivity (Wildman–Crippen MR) is 86.4 cm³/mol. The maximum absolute atomic E-state index is 6.10. The largest absolute Gasteiger partial charge is 0.326 e. The summed E-state index contributed by atoms with van der Waals surface area (Å²) in [5.41, 5.74) is 2.93. The Morgan fingerprint density at radius 1 is 1.37 bits per heavy atom. The summed E-state index contributed by atoms with van der Waals surface area (Å²) < 4.78 is 3.61. The molecule has 0 aliphatic heterocycles. The first kappa shape index (κ1) is 12.5. The first-order valence-electron chi connectivity index (χ1n) is 6.92. The van der Waals surface area contributed by atoms with E-state index in [-0.39, 0.29) is 0 Å². The summed E-state index contributed by atoms with van der Waals surface area (Å²) in [5, 5.41) is 0. The van der Waals surface area contributed by atoms with Crippen LogP contribution in [0.4, 0.5) is 0 Å². The third kappa shape index (κ3) is 2.09. The lowest BCUT2D eigenvalue weighted by molar-refractivity contribution is 0.371. The van der Waals surface area contributed by atoms with Crippen molar-refractivity contribution >= 4 is 45.2 Å². The van der Waals surface area contributed by atoms with Gasteiger partial charge in [0, 0.05) is 10.1 Å². The number of imidazole rings is 1. The Morgan fingerprint density at radius 3 is 2.79 bits per heavy atom. The van der Waals surface area contributed by atoms with Crippen LogP contribution in [0.2, 0.25) is 0 Å². The molecule has 19 heavy (non-hydrogen) atoms. The van der Waals surface area contributed by atoms with Gasteiger partial charge in [0.15, 0.2) is 0 Å². The van der Waals surface area contributed by atoms with Crippen LogP contribution in [0.3, 0.4) is 0 Å². The molecule has 2 aliphatic carbocycles. The Balaban J connectivity index is 1.78. The Morgan fingerprint density at radius 2 is 2.16 bits per heavy atom. The molecule has 2 saturated carbocycles. The fraction of sp³-hybridized carbons (Fsp3) is 0.533. The average molecular weight is 387 g/mol. The van der Waals surface area contributed by atoms with Gasteiger partial charge in [0.1, 0.15) is 5.82 Å². The topological polar surface area (TPSA) is 17.8 Å². The Bertz CT molecular complexity index is 641. The third-order valence-electron chi connectivity index (χ3n) is 4.72. The van der Waals surface area contributed by atoms with Crippen LogP contribution in [0.25, 0.3) is 11.0 Å². The van der Waals surface area contributed by atoms with Crippen molar-refractivity contribution in [1.82, 2.24) is 9.55 Å². The van der Waals surface area contributed by atoms with Crippen molar-refractivity contribution in [2.24, 2.45) is 11.3 Å². The molecule has 1 aromatic carbocycles. The highest BCUT2D eigenvalue weighted by Crippen LogP contribution is 2.62. The molecule has 2 nitrogen and oxygen atoms in total. The number of hydrogen-bond donors (Lipinski definition) is 0. The van der Waals surface area contributed by atoms with E-state index in [4.69, 9.17) is 16.6 Å². The third-order valence-corrected chi connectivity index (χ3v) is 5.63.